The van der Waals surface area contributed by atoms with E-state index in [4.69, 9.17) is 23.4 Å². The van der Waals surface area contributed by atoms with Crippen LogP contribution in [0.1, 0.15) is 5.56 Å². The maximum atomic E-state index is 12.5. The molecule has 3 rings (SSSR count). The second-order valence-corrected chi connectivity index (χ2v) is 6.97. The fraction of sp³-hybridized carbons (Fsp3) is 0.0769. The molecule has 0 unspecified atom stereocenters. The van der Waals surface area contributed by atoms with Gasteiger partial charge in [-0.15, -0.1) is 10.2 Å². The molecule has 0 aliphatic carbocycles. The van der Waals surface area contributed by atoms with Crippen LogP contribution in [0.3, 0.4) is 0 Å². The van der Waals surface area contributed by atoms with Crippen molar-refractivity contribution < 1.29 is 8.42 Å². The third-order valence-corrected chi connectivity index (χ3v) is 5.20. The lowest BCUT2D eigenvalue weighted by Crippen LogP contribution is -2.14. The molecule has 9 heteroatoms. The van der Waals surface area contributed by atoms with Crippen LogP contribution in [-0.4, -0.2) is 22.9 Å². The summed E-state index contributed by atoms with van der Waals surface area (Å²) in [4.78, 5) is 0.126. The molecule has 0 amide bonds. The van der Waals surface area contributed by atoms with Crippen LogP contribution in [0.5, 0.6) is 0 Å². The van der Waals surface area contributed by atoms with E-state index in [2.05, 4.69) is 14.9 Å². The zero-order valence-corrected chi connectivity index (χ0v) is 13.6. The van der Waals surface area contributed by atoms with Gasteiger partial charge in [0.2, 0.25) is 0 Å². The van der Waals surface area contributed by atoms with Crippen LogP contribution in [0.15, 0.2) is 41.3 Å². The molecule has 114 valence electrons. The van der Waals surface area contributed by atoms with Gasteiger partial charge in [-0.05, 0) is 42.8 Å². The number of hydrogen-bond acceptors (Lipinski definition) is 4. The van der Waals surface area contributed by atoms with Gasteiger partial charge in [0.05, 0.1) is 22.4 Å². The fourth-order valence-electron chi connectivity index (χ4n) is 2.04. The van der Waals surface area contributed by atoms with Gasteiger partial charge in [-0.25, -0.2) is 8.42 Å². The van der Waals surface area contributed by atoms with Crippen LogP contribution in [0, 0.1) is 6.92 Å². The summed E-state index contributed by atoms with van der Waals surface area (Å²) in [5.74, 6) is 0. The van der Waals surface area contributed by atoms with Crippen molar-refractivity contribution in [2.45, 2.75) is 11.8 Å². The number of sulfonamides is 1. The Morgan fingerprint density at radius 3 is 2.64 bits per heavy atom. The van der Waals surface area contributed by atoms with E-state index in [1.165, 1.54) is 6.07 Å². The van der Waals surface area contributed by atoms with Gasteiger partial charge in [0.1, 0.15) is 11.0 Å². The van der Waals surface area contributed by atoms with Crippen LogP contribution < -0.4 is 4.72 Å². The highest BCUT2D eigenvalue weighted by Gasteiger charge is 2.18. The van der Waals surface area contributed by atoms with E-state index in [1.807, 2.05) is 0 Å². The summed E-state index contributed by atoms with van der Waals surface area (Å²) < 4.78 is 28.4. The predicted octanol–water partition coefficient (Wildman–Crippen LogP) is 3.20. The first-order chi connectivity index (χ1) is 10.4. The molecular formula is C13H10Cl2N4O2S. The highest BCUT2D eigenvalue weighted by Crippen LogP contribution is 2.25. The van der Waals surface area contributed by atoms with Gasteiger partial charge in [-0.2, -0.15) is 0 Å². The van der Waals surface area contributed by atoms with Crippen molar-refractivity contribution in [2.75, 3.05) is 4.72 Å². The molecule has 2 aromatic carbocycles. The number of aromatic nitrogens is 3. The number of benzene rings is 2. The summed E-state index contributed by atoms with van der Waals surface area (Å²) in [7, 11) is -3.75. The first kappa shape index (κ1) is 15.1. The van der Waals surface area contributed by atoms with E-state index in [0.717, 1.165) is 4.32 Å². The Balaban J connectivity index is 2.00. The third-order valence-electron chi connectivity index (χ3n) is 3.12. The van der Waals surface area contributed by atoms with Crippen molar-refractivity contribution in [1.82, 2.24) is 14.5 Å². The average molecular weight is 357 g/mol. The lowest BCUT2D eigenvalue weighted by Gasteiger charge is -2.11. The first-order valence-corrected chi connectivity index (χ1v) is 8.38. The third kappa shape index (κ3) is 2.75. The Morgan fingerprint density at radius 2 is 1.86 bits per heavy atom. The smallest absolute Gasteiger partial charge is 0.262 e. The number of nitrogens with zero attached hydrogens (tertiary/aromatic N) is 3. The van der Waals surface area contributed by atoms with Crippen molar-refractivity contribution in [2.24, 2.45) is 0 Å². The molecule has 1 heterocycles. The van der Waals surface area contributed by atoms with E-state index in [9.17, 15) is 8.42 Å². The lowest BCUT2D eigenvalue weighted by atomic mass is 10.2. The molecule has 0 aliphatic rings. The fourth-order valence-corrected chi connectivity index (χ4v) is 3.75. The number of rotatable bonds is 3. The average Bonchev–Trinajstić information content (AvgIpc) is 2.80. The van der Waals surface area contributed by atoms with Crippen LogP contribution in [0.4, 0.5) is 5.69 Å². The van der Waals surface area contributed by atoms with E-state index >= 15 is 0 Å². The van der Waals surface area contributed by atoms with Crippen molar-refractivity contribution >= 4 is 50.1 Å². The molecule has 0 aliphatic heterocycles. The number of hydrogen-bond donors (Lipinski definition) is 1. The van der Waals surface area contributed by atoms with E-state index < -0.39 is 10.0 Å². The summed E-state index contributed by atoms with van der Waals surface area (Å²) in [6, 6.07) is 9.50. The highest BCUT2D eigenvalue weighted by atomic mass is 35.5. The molecule has 0 fully saturated rings. The van der Waals surface area contributed by atoms with Crippen LogP contribution in [0.2, 0.25) is 5.02 Å². The zero-order valence-electron chi connectivity index (χ0n) is 11.3. The number of fused-ring (bicyclic) bond motifs is 1. The van der Waals surface area contributed by atoms with Gasteiger partial charge in [0.15, 0.2) is 0 Å². The molecule has 0 radical (unpaired) electrons. The number of halogens is 2. The number of nitrogens with one attached hydrogen (secondary N) is 1. The molecule has 0 spiro atoms. The van der Waals surface area contributed by atoms with E-state index in [1.54, 1.807) is 37.3 Å². The molecule has 0 saturated heterocycles. The van der Waals surface area contributed by atoms with Gasteiger partial charge >= 0.3 is 0 Å². The summed E-state index contributed by atoms with van der Waals surface area (Å²) in [6.07, 6.45) is 0. The Morgan fingerprint density at radius 1 is 1.14 bits per heavy atom. The second kappa shape index (κ2) is 5.42. The normalized spacial score (nSPS) is 11.8. The summed E-state index contributed by atoms with van der Waals surface area (Å²) >= 11 is 11.6. The SMILES string of the molecule is Cc1c(Cl)cccc1S(=O)(=O)Nc1ccc2nn(Cl)nc2c1. The van der Waals surface area contributed by atoms with Crippen molar-refractivity contribution in [3.8, 4) is 0 Å². The Labute approximate surface area is 136 Å². The topological polar surface area (TPSA) is 76.9 Å². The quantitative estimate of drug-likeness (QED) is 0.781. The first-order valence-electron chi connectivity index (χ1n) is 6.18. The molecule has 0 bridgehead atoms. The summed E-state index contributed by atoms with van der Waals surface area (Å²) in [5.41, 5.74) is 1.91. The second-order valence-electron chi connectivity index (χ2n) is 4.61. The Bertz CT molecular complexity index is 969. The van der Waals surface area contributed by atoms with Gasteiger partial charge in [0.25, 0.3) is 10.0 Å². The van der Waals surface area contributed by atoms with Gasteiger partial charge in [0, 0.05) is 5.02 Å². The zero-order chi connectivity index (χ0) is 15.9. The predicted molar refractivity (Wildman–Crippen MR) is 85.8 cm³/mol. The molecule has 3 aromatic rings. The van der Waals surface area contributed by atoms with Gasteiger partial charge in [-0.1, -0.05) is 22.0 Å². The molecular weight excluding hydrogens is 347 g/mol. The molecule has 22 heavy (non-hydrogen) atoms. The van der Waals surface area contributed by atoms with Crippen molar-refractivity contribution in [3.63, 3.8) is 0 Å². The molecule has 0 atom stereocenters. The minimum Gasteiger partial charge on any atom is -0.280 e. The molecule has 0 saturated carbocycles. The Kier molecular flexibility index (Phi) is 3.72. The van der Waals surface area contributed by atoms with Gasteiger partial charge in [-0.3, -0.25) is 4.72 Å². The standard InChI is InChI=1S/C13H10Cl2N4O2S/c1-8-10(14)3-2-4-13(8)22(20,21)18-9-5-6-11-12(7-9)17-19(15)16-11/h2-7,18H,1H3. The van der Waals surface area contributed by atoms with Gasteiger partial charge < -0.3 is 0 Å². The summed E-state index contributed by atoms with van der Waals surface area (Å²) in [5, 5.41) is 8.23. The van der Waals surface area contributed by atoms with E-state index in [-0.39, 0.29) is 4.90 Å². The molecule has 1 N–H and O–H groups in total. The highest BCUT2D eigenvalue weighted by molar-refractivity contribution is 7.92. The largest absolute Gasteiger partial charge is 0.280 e. The Hall–Kier alpha value is -1.83. The lowest BCUT2D eigenvalue weighted by molar-refractivity contribution is 0.600. The monoisotopic (exact) mass is 356 g/mol. The van der Waals surface area contributed by atoms with Crippen molar-refractivity contribution in [1.29, 1.82) is 0 Å². The minimum absolute atomic E-state index is 0.126. The maximum absolute atomic E-state index is 12.5. The number of anilines is 1. The molecule has 1 aromatic heterocycles. The van der Waals surface area contributed by atoms with Crippen LogP contribution in [0.25, 0.3) is 11.0 Å². The van der Waals surface area contributed by atoms with Crippen LogP contribution >= 0.6 is 23.4 Å². The summed E-state index contributed by atoms with van der Waals surface area (Å²) in [6.45, 7) is 1.65. The maximum Gasteiger partial charge on any atom is 0.262 e. The van der Waals surface area contributed by atoms with Crippen LogP contribution in [-0.2, 0) is 10.0 Å². The minimum atomic E-state index is -3.75. The van der Waals surface area contributed by atoms with Crippen molar-refractivity contribution in [3.05, 3.63) is 47.0 Å². The van der Waals surface area contributed by atoms with E-state index in [0.29, 0.717) is 27.3 Å². The molecule has 6 nitrogen and oxygen atoms in total.